The van der Waals surface area contributed by atoms with Crippen molar-refractivity contribution in [3.8, 4) is 11.1 Å². The highest BCUT2D eigenvalue weighted by atomic mass is 35.5. The largest absolute Gasteiger partial charge is 0.469 e. The van der Waals surface area contributed by atoms with Gasteiger partial charge in [-0.3, -0.25) is 14.9 Å². The standard InChI is InChI=1S/C16H13Cl2N3O2/c1-23-14(22)5-2-10-6-12(9-7-19-20-8-9)11-3-4-13(17)15(18)16(11)21-10/h3-4,6-8H,2,5H2,1H3,(H,19,20). The molecule has 3 aromatic rings. The highest BCUT2D eigenvalue weighted by molar-refractivity contribution is 6.45. The number of halogens is 2. The van der Waals surface area contributed by atoms with E-state index in [1.54, 1.807) is 18.5 Å². The number of aryl methyl sites for hydroxylation is 1. The highest BCUT2D eigenvalue weighted by Gasteiger charge is 2.14. The molecule has 7 heteroatoms. The maximum Gasteiger partial charge on any atom is 0.305 e. The molecule has 0 saturated heterocycles. The molecule has 23 heavy (non-hydrogen) atoms. The van der Waals surface area contributed by atoms with E-state index < -0.39 is 0 Å². The van der Waals surface area contributed by atoms with Crippen molar-refractivity contribution in [1.29, 1.82) is 0 Å². The van der Waals surface area contributed by atoms with Crippen LogP contribution in [0.4, 0.5) is 0 Å². The summed E-state index contributed by atoms with van der Waals surface area (Å²) in [6, 6.07) is 5.55. The van der Waals surface area contributed by atoms with Gasteiger partial charge in [-0.25, -0.2) is 0 Å². The number of methoxy groups -OCH3 is 1. The molecule has 118 valence electrons. The molecule has 0 radical (unpaired) electrons. The molecule has 5 nitrogen and oxygen atoms in total. The van der Waals surface area contributed by atoms with Crippen LogP contribution in [-0.4, -0.2) is 28.3 Å². The van der Waals surface area contributed by atoms with Gasteiger partial charge in [-0.1, -0.05) is 29.3 Å². The number of ether oxygens (including phenoxy) is 1. The third kappa shape index (κ3) is 3.16. The fourth-order valence-corrected chi connectivity index (χ4v) is 2.74. The van der Waals surface area contributed by atoms with Crippen molar-refractivity contribution in [2.24, 2.45) is 0 Å². The molecule has 0 atom stereocenters. The first-order valence-corrected chi connectivity index (χ1v) is 7.69. The molecule has 0 aliphatic rings. The predicted octanol–water partition coefficient (Wildman–Crippen LogP) is 4.04. The third-order valence-electron chi connectivity index (χ3n) is 3.55. The number of nitrogens with zero attached hydrogens (tertiary/aromatic N) is 2. The van der Waals surface area contributed by atoms with E-state index in [-0.39, 0.29) is 12.4 Å². The molecule has 0 aliphatic carbocycles. The monoisotopic (exact) mass is 349 g/mol. The van der Waals surface area contributed by atoms with Crippen molar-refractivity contribution < 1.29 is 9.53 Å². The van der Waals surface area contributed by atoms with Gasteiger partial charge in [0.05, 0.1) is 35.3 Å². The number of hydrogen-bond donors (Lipinski definition) is 1. The highest BCUT2D eigenvalue weighted by Crippen LogP contribution is 2.35. The number of nitrogens with one attached hydrogen (secondary N) is 1. The second-order valence-corrected chi connectivity index (χ2v) is 5.77. The Hall–Kier alpha value is -2.11. The first-order chi connectivity index (χ1) is 11.1. The molecule has 3 rings (SSSR count). The van der Waals surface area contributed by atoms with Gasteiger partial charge in [0.15, 0.2) is 0 Å². The summed E-state index contributed by atoms with van der Waals surface area (Å²) in [4.78, 5) is 15.9. The van der Waals surface area contributed by atoms with E-state index >= 15 is 0 Å². The lowest BCUT2D eigenvalue weighted by Crippen LogP contribution is -2.03. The SMILES string of the molecule is COC(=O)CCc1cc(-c2cn[nH]c2)c2ccc(Cl)c(Cl)c2n1. The Labute approximate surface area is 142 Å². The van der Waals surface area contributed by atoms with Crippen LogP contribution in [0.15, 0.2) is 30.6 Å². The quantitative estimate of drug-likeness (QED) is 0.721. The Bertz CT molecular complexity index is 863. The number of benzene rings is 1. The zero-order valence-corrected chi connectivity index (χ0v) is 13.8. The van der Waals surface area contributed by atoms with Gasteiger partial charge in [-0.15, -0.1) is 0 Å². The van der Waals surface area contributed by atoms with E-state index in [2.05, 4.69) is 19.9 Å². The van der Waals surface area contributed by atoms with Crippen LogP contribution in [0.1, 0.15) is 12.1 Å². The van der Waals surface area contributed by atoms with Crippen molar-refractivity contribution in [2.45, 2.75) is 12.8 Å². The van der Waals surface area contributed by atoms with Gasteiger partial charge < -0.3 is 4.74 Å². The molecule has 0 saturated carbocycles. The molecule has 0 aliphatic heterocycles. The first kappa shape index (κ1) is 15.8. The molecule has 1 N–H and O–H groups in total. The minimum absolute atomic E-state index is 0.248. The van der Waals surface area contributed by atoms with Gasteiger partial charge in [0, 0.05) is 29.3 Å². The lowest BCUT2D eigenvalue weighted by atomic mass is 10.0. The van der Waals surface area contributed by atoms with Crippen molar-refractivity contribution in [3.05, 3.63) is 46.3 Å². The number of aromatic amines is 1. The molecule has 0 unspecified atom stereocenters. The Morgan fingerprint density at radius 3 is 2.87 bits per heavy atom. The predicted molar refractivity (Wildman–Crippen MR) is 89.7 cm³/mol. The summed E-state index contributed by atoms with van der Waals surface area (Å²) in [7, 11) is 1.36. The van der Waals surface area contributed by atoms with Crippen LogP contribution in [-0.2, 0) is 16.0 Å². The number of pyridine rings is 1. The molecule has 0 bridgehead atoms. The Kier molecular flexibility index (Phi) is 4.50. The molecule has 0 spiro atoms. The van der Waals surface area contributed by atoms with E-state index in [0.29, 0.717) is 22.0 Å². The second-order valence-electron chi connectivity index (χ2n) is 4.98. The van der Waals surface area contributed by atoms with Gasteiger partial charge >= 0.3 is 5.97 Å². The summed E-state index contributed by atoms with van der Waals surface area (Å²) in [6.45, 7) is 0. The minimum atomic E-state index is -0.283. The van der Waals surface area contributed by atoms with Crippen molar-refractivity contribution in [2.75, 3.05) is 7.11 Å². The van der Waals surface area contributed by atoms with E-state index in [0.717, 1.165) is 22.2 Å². The number of fused-ring (bicyclic) bond motifs is 1. The van der Waals surface area contributed by atoms with Crippen LogP contribution < -0.4 is 0 Å². The molecule has 0 fully saturated rings. The van der Waals surface area contributed by atoms with Gasteiger partial charge in [0.2, 0.25) is 0 Å². The molecular weight excluding hydrogens is 337 g/mol. The zero-order valence-electron chi connectivity index (χ0n) is 12.3. The molecule has 2 heterocycles. The molecule has 1 aromatic carbocycles. The van der Waals surface area contributed by atoms with E-state index in [1.165, 1.54) is 7.11 Å². The minimum Gasteiger partial charge on any atom is -0.469 e. The maximum absolute atomic E-state index is 11.4. The lowest BCUT2D eigenvalue weighted by Gasteiger charge is -2.10. The van der Waals surface area contributed by atoms with E-state index in [1.807, 2.05) is 12.1 Å². The van der Waals surface area contributed by atoms with Crippen molar-refractivity contribution >= 4 is 40.1 Å². The number of esters is 1. The van der Waals surface area contributed by atoms with Crippen LogP contribution in [0, 0.1) is 0 Å². The van der Waals surface area contributed by atoms with Gasteiger partial charge in [0.25, 0.3) is 0 Å². The summed E-state index contributed by atoms with van der Waals surface area (Å²) in [5.41, 5.74) is 3.19. The number of hydrogen-bond acceptors (Lipinski definition) is 4. The smallest absolute Gasteiger partial charge is 0.305 e. The normalized spacial score (nSPS) is 10.9. The van der Waals surface area contributed by atoms with E-state index in [9.17, 15) is 4.79 Å². The van der Waals surface area contributed by atoms with Gasteiger partial charge in [0.1, 0.15) is 0 Å². The average molecular weight is 350 g/mol. The second kappa shape index (κ2) is 6.56. The fraction of sp³-hybridized carbons (Fsp3) is 0.188. The lowest BCUT2D eigenvalue weighted by molar-refractivity contribution is -0.140. The van der Waals surface area contributed by atoms with E-state index in [4.69, 9.17) is 23.2 Å². The summed E-state index contributed by atoms with van der Waals surface area (Å²) >= 11 is 12.4. The average Bonchev–Trinajstić information content (AvgIpc) is 3.10. The molecule has 2 aromatic heterocycles. The fourth-order valence-electron chi connectivity index (χ4n) is 2.38. The Morgan fingerprint density at radius 1 is 1.35 bits per heavy atom. The number of aromatic nitrogens is 3. The summed E-state index contributed by atoms with van der Waals surface area (Å²) in [5, 5.41) is 8.49. The van der Waals surface area contributed by atoms with Crippen LogP contribution >= 0.6 is 23.2 Å². The number of rotatable bonds is 4. The summed E-state index contributed by atoms with van der Waals surface area (Å²) in [6.07, 6.45) is 4.22. The third-order valence-corrected chi connectivity index (χ3v) is 4.34. The maximum atomic E-state index is 11.4. The van der Waals surface area contributed by atoms with Gasteiger partial charge in [-0.05, 0) is 17.7 Å². The molecule has 0 amide bonds. The first-order valence-electron chi connectivity index (χ1n) is 6.93. The van der Waals surface area contributed by atoms with Crippen molar-refractivity contribution in [3.63, 3.8) is 0 Å². The van der Waals surface area contributed by atoms with Crippen LogP contribution in [0.25, 0.3) is 22.0 Å². The Morgan fingerprint density at radius 2 is 2.17 bits per heavy atom. The number of carbonyl (C=O) groups is 1. The number of carbonyl (C=O) groups excluding carboxylic acids is 1. The number of H-pyrrole nitrogens is 1. The summed E-state index contributed by atoms with van der Waals surface area (Å²) in [5.74, 6) is -0.283. The Balaban J connectivity index is 2.15. The van der Waals surface area contributed by atoms with Crippen molar-refractivity contribution in [1.82, 2.24) is 15.2 Å². The van der Waals surface area contributed by atoms with Crippen LogP contribution in [0.5, 0.6) is 0 Å². The zero-order chi connectivity index (χ0) is 16.4. The topological polar surface area (TPSA) is 67.9 Å². The molecular formula is C16H13Cl2N3O2. The van der Waals surface area contributed by atoms with Gasteiger partial charge in [-0.2, -0.15) is 5.10 Å². The van der Waals surface area contributed by atoms with Crippen LogP contribution in [0.3, 0.4) is 0 Å². The van der Waals surface area contributed by atoms with Crippen LogP contribution in [0.2, 0.25) is 10.0 Å². The summed E-state index contributed by atoms with van der Waals surface area (Å²) < 4.78 is 4.68.